The fourth-order valence-electron chi connectivity index (χ4n) is 11.9. The quantitative estimate of drug-likeness (QED) is 0.316. The lowest BCUT2D eigenvalue weighted by atomic mass is 9.33. The molecule has 0 aromatic rings. The number of allylic oxidation sites excluding steroid dienone is 1. The summed E-state index contributed by atoms with van der Waals surface area (Å²) in [6.45, 7) is 24.5. The predicted octanol–water partition coefficient (Wildman–Crippen LogP) is 8.16. The largest absolute Gasteiger partial charge is 0.462 e. The van der Waals surface area contributed by atoms with Gasteiger partial charge in [-0.1, -0.05) is 48.5 Å². The average molecular weight is 582 g/mol. The highest BCUT2D eigenvalue weighted by atomic mass is 16.5. The van der Waals surface area contributed by atoms with Crippen LogP contribution in [0.2, 0.25) is 0 Å². The molecule has 0 heterocycles. The monoisotopic (exact) mass is 581 g/mol. The highest BCUT2D eigenvalue weighted by Gasteiger charge is 2.71. The Labute approximate surface area is 256 Å². The first-order valence-corrected chi connectivity index (χ1v) is 16.9. The van der Waals surface area contributed by atoms with Gasteiger partial charge in [0.25, 0.3) is 0 Å². The molecule has 0 radical (unpaired) electrons. The lowest BCUT2D eigenvalue weighted by Crippen LogP contribution is -2.66. The van der Waals surface area contributed by atoms with Crippen LogP contribution in [0.3, 0.4) is 0 Å². The van der Waals surface area contributed by atoms with E-state index in [2.05, 4.69) is 69.2 Å². The Balaban J connectivity index is 1.58. The van der Waals surface area contributed by atoms with Gasteiger partial charge >= 0.3 is 5.97 Å². The summed E-state index contributed by atoms with van der Waals surface area (Å²) in [6.07, 6.45) is 8.62. The van der Waals surface area contributed by atoms with E-state index < -0.39 is 5.41 Å². The summed E-state index contributed by atoms with van der Waals surface area (Å²) in [7, 11) is 1.94. The lowest BCUT2D eigenvalue weighted by molar-refractivity contribution is -0.233. The standard InChI is InChI=1S/C37H59NO4/c1-22(2)29-25(40)21-37(31(41)38(12)32(4,5)6)20-19-35(10)24(30(29)37)13-14-27-34(9)17-16-28(42-23(3)39)33(7,8)26(34)15-18-36(27,35)11/h22,24,26-28H,13-21H2,1-12H3/t24?,26?,27?,28-,34-,35+,36+,37+/m0/s1. The minimum atomic E-state index is -0.683. The van der Waals surface area contributed by atoms with Crippen molar-refractivity contribution in [2.75, 3.05) is 7.05 Å². The predicted molar refractivity (Wildman–Crippen MR) is 168 cm³/mol. The van der Waals surface area contributed by atoms with E-state index in [-0.39, 0.29) is 62.8 Å². The van der Waals surface area contributed by atoms with Gasteiger partial charge in [-0.2, -0.15) is 0 Å². The van der Waals surface area contributed by atoms with Crippen LogP contribution >= 0.6 is 0 Å². The summed E-state index contributed by atoms with van der Waals surface area (Å²) in [5.74, 6) is 1.67. The molecule has 5 aliphatic carbocycles. The average Bonchev–Trinajstić information content (AvgIpc) is 3.17. The molecule has 0 aromatic carbocycles. The zero-order valence-electron chi connectivity index (χ0n) is 28.8. The first kappa shape index (κ1) is 31.8. The molecule has 42 heavy (non-hydrogen) atoms. The van der Waals surface area contributed by atoms with Crippen LogP contribution in [0.25, 0.3) is 0 Å². The van der Waals surface area contributed by atoms with Gasteiger partial charge in [-0.05, 0) is 123 Å². The lowest BCUT2D eigenvalue weighted by Gasteiger charge is -2.72. The zero-order chi connectivity index (χ0) is 31.4. The van der Waals surface area contributed by atoms with Crippen LogP contribution in [0.15, 0.2) is 11.1 Å². The van der Waals surface area contributed by atoms with Gasteiger partial charge in [-0.3, -0.25) is 14.4 Å². The molecule has 0 spiro atoms. The molecule has 4 fully saturated rings. The van der Waals surface area contributed by atoms with E-state index in [9.17, 15) is 14.4 Å². The van der Waals surface area contributed by atoms with Crippen LogP contribution < -0.4 is 0 Å². The van der Waals surface area contributed by atoms with Gasteiger partial charge in [0, 0.05) is 31.3 Å². The fourth-order valence-corrected chi connectivity index (χ4v) is 11.9. The van der Waals surface area contributed by atoms with Crippen LogP contribution in [0.4, 0.5) is 0 Å². The fraction of sp³-hybridized carbons (Fsp3) is 0.865. The Hall–Kier alpha value is -1.65. The van der Waals surface area contributed by atoms with Crippen LogP contribution in [-0.2, 0) is 19.1 Å². The number of hydrogen-bond donors (Lipinski definition) is 0. The molecule has 5 aliphatic rings. The molecular formula is C37H59NO4. The molecule has 5 rings (SSSR count). The maximum Gasteiger partial charge on any atom is 0.302 e. The van der Waals surface area contributed by atoms with E-state index in [1.165, 1.54) is 5.57 Å². The number of esters is 1. The zero-order valence-corrected chi connectivity index (χ0v) is 28.8. The number of ketones is 1. The van der Waals surface area contributed by atoms with Crippen molar-refractivity contribution in [3.8, 4) is 0 Å². The van der Waals surface area contributed by atoms with E-state index in [1.54, 1.807) is 6.92 Å². The Bertz CT molecular complexity index is 1210. The smallest absolute Gasteiger partial charge is 0.302 e. The number of nitrogens with zero attached hydrogens (tertiary/aromatic N) is 1. The topological polar surface area (TPSA) is 63.7 Å². The third-order valence-electron chi connectivity index (χ3n) is 14.4. The summed E-state index contributed by atoms with van der Waals surface area (Å²) < 4.78 is 5.92. The number of fused-ring (bicyclic) bond motifs is 7. The summed E-state index contributed by atoms with van der Waals surface area (Å²) in [5.41, 5.74) is 1.51. The Morgan fingerprint density at radius 2 is 1.52 bits per heavy atom. The molecule has 4 saturated carbocycles. The van der Waals surface area contributed by atoms with Gasteiger partial charge < -0.3 is 9.64 Å². The van der Waals surface area contributed by atoms with Gasteiger partial charge in [-0.25, -0.2) is 0 Å². The van der Waals surface area contributed by atoms with Crippen LogP contribution in [0, 0.1) is 50.7 Å². The molecule has 0 aliphatic heterocycles. The first-order chi connectivity index (χ1) is 19.2. The van der Waals surface area contributed by atoms with Crippen LogP contribution in [0.1, 0.15) is 134 Å². The van der Waals surface area contributed by atoms with E-state index in [4.69, 9.17) is 4.74 Å². The third kappa shape index (κ3) is 4.09. The molecule has 5 nitrogen and oxygen atoms in total. The van der Waals surface area contributed by atoms with Crippen LogP contribution in [0.5, 0.6) is 0 Å². The van der Waals surface area contributed by atoms with Crippen molar-refractivity contribution in [3.05, 3.63) is 11.1 Å². The van der Waals surface area contributed by atoms with Gasteiger partial charge in [0.15, 0.2) is 5.78 Å². The van der Waals surface area contributed by atoms with Crippen molar-refractivity contribution in [1.82, 2.24) is 4.90 Å². The summed E-state index contributed by atoms with van der Waals surface area (Å²) in [6, 6.07) is 0. The minimum absolute atomic E-state index is 0.0197. The first-order valence-electron chi connectivity index (χ1n) is 16.9. The molecule has 1 amide bonds. The Morgan fingerprint density at radius 1 is 0.881 bits per heavy atom. The number of ether oxygens (including phenoxy) is 1. The van der Waals surface area contributed by atoms with Crippen molar-refractivity contribution in [2.24, 2.45) is 50.7 Å². The second kappa shape index (κ2) is 9.67. The van der Waals surface area contributed by atoms with Gasteiger partial charge in [-0.15, -0.1) is 0 Å². The second-order valence-electron chi connectivity index (χ2n) is 17.8. The molecule has 0 saturated heterocycles. The number of carbonyl (C=O) groups excluding carboxylic acids is 3. The number of hydrogen-bond acceptors (Lipinski definition) is 4. The summed E-state index contributed by atoms with van der Waals surface area (Å²) >= 11 is 0. The van der Waals surface area contributed by atoms with E-state index in [0.717, 1.165) is 56.9 Å². The van der Waals surface area contributed by atoms with E-state index in [0.29, 0.717) is 18.3 Å². The van der Waals surface area contributed by atoms with Crippen molar-refractivity contribution >= 4 is 17.7 Å². The minimum Gasteiger partial charge on any atom is -0.462 e. The van der Waals surface area contributed by atoms with E-state index >= 15 is 0 Å². The molecule has 0 bridgehead atoms. The molecule has 3 unspecified atom stereocenters. The van der Waals surface area contributed by atoms with Crippen LogP contribution in [-0.4, -0.2) is 41.3 Å². The molecule has 236 valence electrons. The number of carbonyl (C=O) groups is 3. The number of amides is 1. The summed E-state index contributed by atoms with van der Waals surface area (Å²) in [5, 5.41) is 0. The Kier molecular flexibility index (Phi) is 7.32. The normalized spacial score (nSPS) is 42.8. The third-order valence-corrected chi connectivity index (χ3v) is 14.4. The highest BCUT2D eigenvalue weighted by molar-refractivity contribution is 6.07. The second-order valence-corrected chi connectivity index (χ2v) is 17.8. The summed E-state index contributed by atoms with van der Waals surface area (Å²) in [4.78, 5) is 42.3. The molecule has 0 N–H and O–H groups in total. The van der Waals surface area contributed by atoms with Gasteiger partial charge in [0.1, 0.15) is 6.10 Å². The van der Waals surface area contributed by atoms with Crippen molar-refractivity contribution in [2.45, 2.75) is 146 Å². The highest BCUT2D eigenvalue weighted by Crippen LogP contribution is 2.76. The van der Waals surface area contributed by atoms with Crippen molar-refractivity contribution < 1.29 is 19.1 Å². The number of Topliss-reactive ketones (excluding diaryl/α,β-unsaturated/α-hetero) is 1. The van der Waals surface area contributed by atoms with E-state index in [1.807, 2.05) is 11.9 Å². The van der Waals surface area contributed by atoms with Gasteiger partial charge in [0.05, 0.1) is 5.41 Å². The molecular weight excluding hydrogens is 522 g/mol. The van der Waals surface area contributed by atoms with Crippen molar-refractivity contribution in [1.29, 1.82) is 0 Å². The maximum atomic E-state index is 14.5. The molecule has 5 heteroatoms. The van der Waals surface area contributed by atoms with Gasteiger partial charge in [0.2, 0.25) is 5.91 Å². The molecule has 8 atom stereocenters. The SMILES string of the molecule is CC(=O)O[C@H]1CC[C@@]2(C)C(CC[C@]3(C)C2CCC2C4=C(C(C)C)C(=O)C[C@]4(C(=O)N(C)C(C)(C)C)CC[C@]23C)C1(C)C. The molecule has 0 aromatic heterocycles. The Morgan fingerprint density at radius 3 is 2.10 bits per heavy atom. The number of rotatable bonds is 3. The van der Waals surface area contributed by atoms with Crippen molar-refractivity contribution in [3.63, 3.8) is 0 Å². The maximum absolute atomic E-state index is 14.5.